The van der Waals surface area contributed by atoms with Crippen LogP contribution in [0.2, 0.25) is 0 Å². The second-order valence-electron chi connectivity index (χ2n) is 4.89. The Kier molecular flexibility index (Phi) is 3.99. The molecule has 20 heavy (non-hydrogen) atoms. The van der Waals surface area contributed by atoms with E-state index in [0.29, 0.717) is 13.1 Å². The molecule has 0 N–H and O–H groups in total. The molecule has 1 fully saturated rings. The molecular weight excluding hydrogens is 267 g/mol. The maximum atomic E-state index is 13.3. The van der Waals surface area contributed by atoms with Gasteiger partial charge < -0.3 is 9.64 Å². The summed E-state index contributed by atoms with van der Waals surface area (Å²) in [5.41, 5.74) is -0.612. The first kappa shape index (κ1) is 14.4. The number of amides is 1. The maximum absolute atomic E-state index is 13.3. The number of carbonyl (C=O) groups excluding carboxylic acids is 1. The predicted molar refractivity (Wildman–Crippen MR) is 69.0 cm³/mol. The van der Waals surface area contributed by atoms with Crippen molar-refractivity contribution in [2.75, 3.05) is 13.1 Å². The van der Waals surface area contributed by atoms with Gasteiger partial charge in [0, 0.05) is 19.2 Å². The smallest absolute Gasteiger partial charge is 0.282 e. The van der Waals surface area contributed by atoms with Gasteiger partial charge in [-0.1, -0.05) is 0 Å². The van der Waals surface area contributed by atoms with Crippen molar-refractivity contribution in [3.8, 4) is 0 Å². The average Bonchev–Trinajstić information content (AvgIpc) is 2.36. The average molecular weight is 282 g/mol. The highest BCUT2D eigenvalue weighted by Gasteiger charge is 2.30. The number of hydrogen-bond acceptors (Lipinski definition) is 4. The van der Waals surface area contributed by atoms with E-state index in [1.165, 1.54) is 4.90 Å². The summed E-state index contributed by atoms with van der Waals surface area (Å²) in [7, 11) is 0. The predicted octanol–water partition coefficient (Wildman–Crippen LogP) is 1.98. The number of ether oxygens (including phenoxy) is 1. The highest BCUT2D eigenvalue weighted by molar-refractivity contribution is 5.98. The lowest BCUT2D eigenvalue weighted by Gasteiger charge is -2.35. The summed E-state index contributed by atoms with van der Waals surface area (Å²) in [6.45, 7) is 4.29. The molecule has 0 spiro atoms. The summed E-state index contributed by atoms with van der Waals surface area (Å²) in [5, 5.41) is 10.9. The Hall–Kier alpha value is -2.02. The van der Waals surface area contributed by atoms with Gasteiger partial charge in [-0.15, -0.1) is 0 Å². The van der Waals surface area contributed by atoms with Crippen LogP contribution in [0.1, 0.15) is 24.2 Å². The third-order valence-corrected chi connectivity index (χ3v) is 3.09. The molecule has 0 unspecified atom stereocenters. The van der Waals surface area contributed by atoms with Crippen LogP contribution in [0.25, 0.3) is 0 Å². The second-order valence-corrected chi connectivity index (χ2v) is 4.89. The van der Waals surface area contributed by atoms with Crippen LogP contribution in [0.5, 0.6) is 0 Å². The highest BCUT2D eigenvalue weighted by atomic mass is 19.1. The van der Waals surface area contributed by atoms with E-state index in [9.17, 15) is 19.3 Å². The van der Waals surface area contributed by atoms with Crippen LogP contribution in [-0.2, 0) is 4.74 Å². The van der Waals surface area contributed by atoms with Gasteiger partial charge in [0.2, 0.25) is 0 Å². The van der Waals surface area contributed by atoms with Crippen LogP contribution < -0.4 is 0 Å². The van der Waals surface area contributed by atoms with Crippen molar-refractivity contribution in [1.29, 1.82) is 0 Å². The number of nitrogens with zero attached hydrogens (tertiary/aromatic N) is 2. The lowest BCUT2D eigenvalue weighted by Crippen LogP contribution is -2.48. The molecule has 2 rings (SSSR count). The monoisotopic (exact) mass is 282 g/mol. The number of hydrogen-bond donors (Lipinski definition) is 0. The van der Waals surface area contributed by atoms with Crippen LogP contribution in [0.3, 0.4) is 0 Å². The summed E-state index contributed by atoms with van der Waals surface area (Å²) in [6, 6.07) is 2.89. The zero-order valence-corrected chi connectivity index (χ0v) is 11.2. The maximum Gasteiger partial charge on any atom is 0.282 e. The van der Waals surface area contributed by atoms with E-state index in [1.807, 2.05) is 13.8 Å². The molecule has 1 aromatic rings. The minimum atomic E-state index is -0.681. The lowest BCUT2D eigenvalue weighted by atomic mass is 10.1. The summed E-state index contributed by atoms with van der Waals surface area (Å²) < 4.78 is 18.8. The molecule has 1 heterocycles. The third kappa shape index (κ3) is 2.93. The van der Waals surface area contributed by atoms with Crippen molar-refractivity contribution in [3.05, 3.63) is 39.7 Å². The fraction of sp³-hybridized carbons (Fsp3) is 0.462. The van der Waals surface area contributed by atoms with E-state index in [2.05, 4.69) is 0 Å². The van der Waals surface area contributed by atoms with E-state index < -0.39 is 16.6 Å². The first-order valence-corrected chi connectivity index (χ1v) is 6.27. The van der Waals surface area contributed by atoms with Gasteiger partial charge in [0.25, 0.3) is 11.6 Å². The number of morpholine rings is 1. The summed E-state index contributed by atoms with van der Waals surface area (Å²) >= 11 is 0. The molecule has 7 heteroatoms. The van der Waals surface area contributed by atoms with Crippen molar-refractivity contribution in [2.24, 2.45) is 0 Å². The second kappa shape index (κ2) is 5.54. The van der Waals surface area contributed by atoms with E-state index in [0.717, 1.165) is 18.2 Å². The van der Waals surface area contributed by atoms with Gasteiger partial charge in [0.1, 0.15) is 11.4 Å². The quantitative estimate of drug-likeness (QED) is 0.614. The topological polar surface area (TPSA) is 72.7 Å². The number of benzene rings is 1. The molecule has 108 valence electrons. The Morgan fingerprint density at radius 1 is 1.40 bits per heavy atom. The molecule has 0 aromatic heterocycles. The standard InChI is InChI=1S/C13H15FN2O4/c1-8-6-15(7-9(2)20-8)13(17)11-5-10(14)3-4-12(11)16(18)19/h3-5,8-9H,6-7H2,1-2H3/t8-,9+. The molecule has 6 nitrogen and oxygen atoms in total. The summed E-state index contributed by atoms with van der Waals surface area (Å²) in [5.74, 6) is -1.22. The Morgan fingerprint density at radius 3 is 2.55 bits per heavy atom. The van der Waals surface area contributed by atoms with Gasteiger partial charge in [-0.25, -0.2) is 4.39 Å². The van der Waals surface area contributed by atoms with Crippen molar-refractivity contribution < 1.29 is 18.8 Å². The number of rotatable bonds is 2. The Balaban J connectivity index is 2.33. The SMILES string of the molecule is C[C@@H]1CN(C(=O)c2cc(F)ccc2[N+](=O)[O-])C[C@H](C)O1. The minimum absolute atomic E-state index is 0.157. The van der Waals surface area contributed by atoms with E-state index in [4.69, 9.17) is 4.74 Å². The largest absolute Gasteiger partial charge is 0.372 e. The van der Waals surface area contributed by atoms with Crippen molar-refractivity contribution >= 4 is 11.6 Å². The first-order valence-electron chi connectivity index (χ1n) is 6.27. The number of nitro benzene ring substituents is 1. The zero-order chi connectivity index (χ0) is 14.9. The summed E-state index contributed by atoms with van der Waals surface area (Å²) in [4.78, 5) is 24.1. The van der Waals surface area contributed by atoms with Crippen LogP contribution in [0.4, 0.5) is 10.1 Å². The number of halogens is 1. The molecule has 2 atom stereocenters. The molecule has 0 saturated carbocycles. The molecule has 1 amide bonds. The van der Waals surface area contributed by atoms with E-state index in [-0.39, 0.29) is 23.5 Å². The normalized spacial score (nSPS) is 22.6. The fourth-order valence-electron chi connectivity index (χ4n) is 2.35. The van der Waals surface area contributed by atoms with Gasteiger partial charge in [-0.3, -0.25) is 14.9 Å². The molecule has 1 saturated heterocycles. The van der Waals surface area contributed by atoms with Crippen molar-refractivity contribution in [3.63, 3.8) is 0 Å². The van der Waals surface area contributed by atoms with Gasteiger partial charge >= 0.3 is 0 Å². The molecule has 0 aliphatic carbocycles. The van der Waals surface area contributed by atoms with E-state index >= 15 is 0 Å². The first-order chi connectivity index (χ1) is 9.38. The van der Waals surface area contributed by atoms with Crippen LogP contribution in [0.15, 0.2) is 18.2 Å². The third-order valence-electron chi connectivity index (χ3n) is 3.09. The Bertz CT molecular complexity index is 539. The van der Waals surface area contributed by atoms with Gasteiger partial charge in [-0.2, -0.15) is 0 Å². The van der Waals surface area contributed by atoms with Crippen LogP contribution in [-0.4, -0.2) is 41.0 Å². The van der Waals surface area contributed by atoms with Gasteiger partial charge in [0.05, 0.1) is 17.1 Å². The zero-order valence-electron chi connectivity index (χ0n) is 11.2. The van der Waals surface area contributed by atoms with Gasteiger partial charge in [0.15, 0.2) is 0 Å². The molecule has 0 bridgehead atoms. The molecule has 1 aromatic carbocycles. The minimum Gasteiger partial charge on any atom is -0.372 e. The molecular formula is C13H15FN2O4. The number of nitro groups is 1. The Morgan fingerprint density at radius 2 is 2.00 bits per heavy atom. The molecule has 0 radical (unpaired) electrons. The van der Waals surface area contributed by atoms with Crippen LogP contribution in [0, 0.1) is 15.9 Å². The lowest BCUT2D eigenvalue weighted by molar-refractivity contribution is -0.385. The Labute approximate surface area is 115 Å². The summed E-state index contributed by atoms with van der Waals surface area (Å²) in [6.07, 6.45) is -0.314. The van der Waals surface area contributed by atoms with Crippen molar-refractivity contribution in [2.45, 2.75) is 26.1 Å². The number of carbonyl (C=O) groups is 1. The molecule has 1 aliphatic rings. The van der Waals surface area contributed by atoms with Gasteiger partial charge in [-0.05, 0) is 26.0 Å². The van der Waals surface area contributed by atoms with E-state index in [1.54, 1.807) is 0 Å². The van der Waals surface area contributed by atoms with Crippen molar-refractivity contribution in [1.82, 2.24) is 4.90 Å². The fourth-order valence-corrected chi connectivity index (χ4v) is 2.35. The van der Waals surface area contributed by atoms with Crippen LogP contribution >= 0.6 is 0 Å². The highest BCUT2D eigenvalue weighted by Crippen LogP contribution is 2.23. The molecule has 1 aliphatic heterocycles.